The minimum absolute atomic E-state index is 0.00689. The minimum atomic E-state index is -0.00689. The summed E-state index contributed by atoms with van der Waals surface area (Å²) in [4.78, 5) is 0. The van der Waals surface area contributed by atoms with Crippen LogP contribution in [-0.2, 0) is 11.3 Å². The summed E-state index contributed by atoms with van der Waals surface area (Å²) < 4.78 is 6.07. The standard InChI is InChI=1S/C20H24O2/c1-17(14-15-21)20(13-12-18-8-4-2-5-9-18)22-16-19-10-6-3-7-11-19/h2-13,17,20-21H,14-16H2,1H3/b13-12+/t17-,20+/m0/s1. The SMILES string of the molecule is C[C@@H](CCO)[C@@H](/C=C/c1ccccc1)OCc1ccccc1. The molecular formula is C20H24O2. The summed E-state index contributed by atoms with van der Waals surface area (Å²) in [5, 5.41) is 9.18. The second-order valence-electron chi connectivity index (χ2n) is 5.52. The Morgan fingerprint density at radius 2 is 1.64 bits per heavy atom. The van der Waals surface area contributed by atoms with Crippen molar-refractivity contribution < 1.29 is 9.84 Å². The first kappa shape index (κ1) is 16.5. The van der Waals surface area contributed by atoms with Gasteiger partial charge in [-0.2, -0.15) is 0 Å². The van der Waals surface area contributed by atoms with E-state index >= 15 is 0 Å². The van der Waals surface area contributed by atoms with Crippen LogP contribution in [0.1, 0.15) is 24.5 Å². The van der Waals surface area contributed by atoms with Gasteiger partial charge in [-0.15, -0.1) is 0 Å². The highest BCUT2D eigenvalue weighted by molar-refractivity contribution is 5.49. The van der Waals surface area contributed by atoms with Gasteiger partial charge in [-0.05, 0) is 23.5 Å². The monoisotopic (exact) mass is 296 g/mol. The second-order valence-corrected chi connectivity index (χ2v) is 5.52. The zero-order valence-electron chi connectivity index (χ0n) is 13.1. The van der Waals surface area contributed by atoms with E-state index in [2.05, 4.69) is 43.3 Å². The van der Waals surface area contributed by atoms with Crippen LogP contribution in [0.4, 0.5) is 0 Å². The molecule has 0 spiro atoms. The van der Waals surface area contributed by atoms with E-state index in [0.29, 0.717) is 6.61 Å². The molecule has 116 valence electrons. The number of rotatable bonds is 8. The van der Waals surface area contributed by atoms with Crippen LogP contribution in [0.2, 0.25) is 0 Å². The molecule has 2 nitrogen and oxygen atoms in total. The molecule has 1 N–H and O–H groups in total. The first-order chi connectivity index (χ1) is 10.8. The third-order valence-corrected chi connectivity index (χ3v) is 3.71. The van der Waals surface area contributed by atoms with Gasteiger partial charge in [0, 0.05) is 6.61 Å². The fourth-order valence-corrected chi connectivity index (χ4v) is 2.31. The maximum atomic E-state index is 9.18. The molecule has 0 saturated carbocycles. The third kappa shape index (κ3) is 5.47. The van der Waals surface area contributed by atoms with Gasteiger partial charge >= 0.3 is 0 Å². The van der Waals surface area contributed by atoms with E-state index in [0.717, 1.165) is 17.5 Å². The molecule has 2 heteroatoms. The molecule has 0 bridgehead atoms. The molecule has 2 atom stereocenters. The summed E-state index contributed by atoms with van der Waals surface area (Å²) >= 11 is 0. The van der Waals surface area contributed by atoms with Crippen molar-refractivity contribution in [2.45, 2.75) is 26.1 Å². The highest BCUT2D eigenvalue weighted by atomic mass is 16.5. The van der Waals surface area contributed by atoms with Crippen molar-refractivity contribution >= 4 is 6.08 Å². The number of aliphatic hydroxyl groups is 1. The quantitative estimate of drug-likeness (QED) is 0.787. The van der Waals surface area contributed by atoms with Crippen molar-refractivity contribution in [3.05, 3.63) is 77.9 Å². The highest BCUT2D eigenvalue weighted by Crippen LogP contribution is 2.17. The van der Waals surface area contributed by atoms with Gasteiger partial charge in [0.15, 0.2) is 0 Å². The van der Waals surface area contributed by atoms with E-state index < -0.39 is 0 Å². The van der Waals surface area contributed by atoms with Crippen LogP contribution in [0.5, 0.6) is 0 Å². The van der Waals surface area contributed by atoms with Crippen LogP contribution in [0.15, 0.2) is 66.7 Å². The molecule has 0 aliphatic carbocycles. The molecule has 0 aliphatic rings. The van der Waals surface area contributed by atoms with Crippen molar-refractivity contribution in [2.75, 3.05) is 6.61 Å². The number of benzene rings is 2. The summed E-state index contributed by atoms with van der Waals surface area (Å²) in [5.41, 5.74) is 2.32. The van der Waals surface area contributed by atoms with E-state index in [1.165, 1.54) is 0 Å². The van der Waals surface area contributed by atoms with Gasteiger partial charge < -0.3 is 9.84 Å². The first-order valence-corrected chi connectivity index (χ1v) is 7.79. The lowest BCUT2D eigenvalue weighted by atomic mass is 10.00. The molecule has 0 aromatic heterocycles. The average Bonchev–Trinajstić information content (AvgIpc) is 2.57. The van der Waals surface area contributed by atoms with Crippen LogP contribution < -0.4 is 0 Å². The zero-order valence-corrected chi connectivity index (χ0v) is 13.1. The Morgan fingerprint density at radius 3 is 2.27 bits per heavy atom. The molecule has 0 fully saturated rings. The van der Waals surface area contributed by atoms with Crippen molar-refractivity contribution in [3.8, 4) is 0 Å². The Kier molecular flexibility index (Phi) is 6.88. The third-order valence-electron chi connectivity index (χ3n) is 3.71. The predicted molar refractivity (Wildman–Crippen MR) is 91.4 cm³/mol. The lowest BCUT2D eigenvalue weighted by molar-refractivity contribution is 0.0309. The number of aliphatic hydroxyl groups excluding tert-OH is 1. The smallest absolute Gasteiger partial charge is 0.0789 e. The number of hydrogen-bond acceptors (Lipinski definition) is 2. The van der Waals surface area contributed by atoms with Crippen LogP contribution in [-0.4, -0.2) is 17.8 Å². The molecule has 0 heterocycles. The lowest BCUT2D eigenvalue weighted by Gasteiger charge is -2.21. The van der Waals surface area contributed by atoms with Gasteiger partial charge in [0.25, 0.3) is 0 Å². The van der Waals surface area contributed by atoms with E-state index in [4.69, 9.17) is 4.74 Å². The van der Waals surface area contributed by atoms with Gasteiger partial charge in [0.1, 0.15) is 0 Å². The van der Waals surface area contributed by atoms with Gasteiger partial charge in [-0.1, -0.05) is 79.7 Å². The highest BCUT2D eigenvalue weighted by Gasteiger charge is 2.14. The van der Waals surface area contributed by atoms with E-state index in [1.54, 1.807) is 0 Å². The van der Waals surface area contributed by atoms with Crippen molar-refractivity contribution in [2.24, 2.45) is 5.92 Å². The zero-order chi connectivity index (χ0) is 15.6. The molecule has 2 aromatic rings. The first-order valence-electron chi connectivity index (χ1n) is 7.79. The molecule has 0 radical (unpaired) electrons. The fraction of sp³-hybridized carbons (Fsp3) is 0.300. The second kappa shape index (κ2) is 9.19. The van der Waals surface area contributed by atoms with Gasteiger partial charge in [-0.3, -0.25) is 0 Å². The molecule has 0 unspecified atom stereocenters. The maximum Gasteiger partial charge on any atom is 0.0789 e. The summed E-state index contributed by atoms with van der Waals surface area (Å²) in [6.45, 7) is 2.88. The fourth-order valence-electron chi connectivity index (χ4n) is 2.31. The van der Waals surface area contributed by atoms with Crippen LogP contribution in [0.25, 0.3) is 6.08 Å². The Balaban J connectivity index is 2.01. The Morgan fingerprint density at radius 1 is 1.00 bits per heavy atom. The molecule has 0 amide bonds. The normalized spacial score (nSPS) is 14.1. The maximum absolute atomic E-state index is 9.18. The van der Waals surface area contributed by atoms with E-state index in [1.807, 2.05) is 36.4 Å². The van der Waals surface area contributed by atoms with Crippen LogP contribution >= 0.6 is 0 Å². The van der Waals surface area contributed by atoms with Crippen molar-refractivity contribution in [1.29, 1.82) is 0 Å². The molecular weight excluding hydrogens is 272 g/mol. The van der Waals surface area contributed by atoms with Crippen molar-refractivity contribution in [3.63, 3.8) is 0 Å². The summed E-state index contributed by atoms with van der Waals surface area (Å²) in [6.07, 6.45) is 4.91. The van der Waals surface area contributed by atoms with Crippen LogP contribution in [0, 0.1) is 5.92 Å². The van der Waals surface area contributed by atoms with E-state index in [-0.39, 0.29) is 18.6 Å². The summed E-state index contributed by atoms with van der Waals surface area (Å²) in [5.74, 6) is 0.272. The average molecular weight is 296 g/mol. The van der Waals surface area contributed by atoms with Gasteiger partial charge in [0.2, 0.25) is 0 Å². The largest absolute Gasteiger partial charge is 0.396 e. The topological polar surface area (TPSA) is 29.5 Å². The Labute approximate surface area is 133 Å². The lowest BCUT2D eigenvalue weighted by Crippen LogP contribution is -2.20. The van der Waals surface area contributed by atoms with Gasteiger partial charge in [0.05, 0.1) is 12.7 Å². The Bertz CT molecular complexity index is 548. The molecule has 0 saturated heterocycles. The molecule has 2 rings (SSSR count). The van der Waals surface area contributed by atoms with Gasteiger partial charge in [-0.25, -0.2) is 0 Å². The number of ether oxygens (including phenoxy) is 1. The molecule has 2 aromatic carbocycles. The predicted octanol–water partition coefficient (Wildman–Crippen LogP) is 4.30. The molecule has 22 heavy (non-hydrogen) atoms. The number of hydrogen-bond donors (Lipinski definition) is 1. The van der Waals surface area contributed by atoms with Crippen LogP contribution in [0.3, 0.4) is 0 Å². The minimum Gasteiger partial charge on any atom is -0.396 e. The van der Waals surface area contributed by atoms with Crippen molar-refractivity contribution in [1.82, 2.24) is 0 Å². The van der Waals surface area contributed by atoms with E-state index in [9.17, 15) is 5.11 Å². The Hall–Kier alpha value is -1.90. The summed E-state index contributed by atoms with van der Waals surface area (Å²) in [6, 6.07) is 20.4. The molecule has 0 aliphatic heterocycles. The summed E-state index contributed by atoms with van der Waals surface area (Å²) in [7, 11) is 0.